The van der Waals surface area contributed by atoms with Gasteiger partial charge < -0.3 is 5.73 Å². The van der Waals surface area contributed by atoms with Crippen LogP contribution in [0.4, 0.5) is 0 Å². The van der Waals surface area contributed by atoms with Crippen LogP contribution in [-0.2, 0) is 4.79 Å². The normalized spacial score (nSPS) is 4.17. The van der Waals surface area contributed by atoms with Crippen molar-refractivity contribution >= 4 is 35.7 Å². The van der Waals surface area contributed by atoms with Gasteiger partial charge in [0.15, 0.2) is 17.4 Å². The fourth-order valence-electron chi connectivity index (χ4n) is 0. The Morgan fingerprint density at radius 3 is 1.67 bits per heavy atom. The van der Waals surface area contributed by atoms with E-state index in [0.29, 0.717) is 0 Å². The second-order valence-electron chi connectivity index (χ2n) is 0.611. The highest BCUT2D eigenvalue weighted by molar-refractivity contribution is 5.85. The van der Waals surface area contributed by atoms with Gasteiger partial charge in [-0.05, 0) is 0 Å². The first-order valence-corrected chi connectivity index (χ1v) is 0.993. The zero-order chi connectivity index (χ0) is 3.58. The number of carbonyl (C=O) groups excluding carboxylic acids is 1. The number of primary amides is 1. The summed E-state index contributed by atoms with van der Waals surface area (Å²) in [6.45, 7) is 1.31. The van der Waals surface area contributed by atoms with Gasteiger partial charge in [-0.25, -0.2) is 0 Å². The van der Waals surface area contributed by atoms with Crippen LogP contribution in [-0.4, -0.2) is 23.3 Å². The molecule has 6 heavy (non-hydrogen) atoms. The molecule has 0 aromatic carbocycles. The SMILES string of the molecule is CC(N)=O.Cl.[AlH3]. The molecule has 2 N–H and O–H groups in total. The average Bonchev–Trinajstić information content (AvgIpc) is 0.811. The van der Waals surface area contributed by atoms with Gasteiger partial charge >= 0.3 is 0 Å². The van der Waals surface area contributed by atoms with Crippen molar-refractivity contribution in [3.05, 3.63) is 0 Å². The van der Waals surface area contributed by atoms with Crippen molar-refractivity contribution in [1.82, 2.24) is 0 Å². The zero-order valence-corrected chi connectivity index (χ0v) is 3.71. The number of carbonyl (C=O) groups is 1. The summed E-state index contributed by atoms with van der Waals surface area (Å²) >= 11 is 0. The Labute approximate surface area is 53.6 Å². The molecule has 0 aromatic rings. The van der Waals surface area contributed by atoms with Crippen molar-refractivity contribution in [2.45, 2.75) is 6.92 Å². The molecule has 38 valence electrons. The zero-order valence-electron chi connectivity index (χ0n) is 2.89. The van der Waals surface area contributed by atoms with Crippen LogP contribution in [0.1, 0.15) is 6.92 Å². The molecule has 0 aliphatic carbocycles. The Hall–Kier alpha value is 0.292. The number of nitrogens with two attached hydrogens (primary N) is 1. The fraction of sp³-hybridized carbons (Fsp3) is 0.500. The maximum atomic E-state index is 9.22. The lowest BCUT2D eigenvalue weighted by Gasteiger charge is -1.60. The number of hydrogen-bond acceptors (Lipinski definition) is 1. The second-order valence-corrected chi connectivity index (χ2v) is 0.611. The summed E-state index contributed by atoms with van der Waals surface area (Å²) in [6, 6.07) is 0. The van der Waals surface area contributed by atoms with Gasteiger partial charge in [0.2, 0.25) is 5.91 Å². The minimum atomic E-state index is -0.333. The standard InChI is InChI=1S/C2H5NO.Al.ClH.3H/c1-2(3)4;;;;;/h1H3,(H2,3,4);;1H;;;. The van der Waals surface area contributed by atoms with Crippen LogP contribution in [0.2, 0.25) is 0 Å². The van der Waals surface area contributed by atoms with E-state index in [-0.39, 0.29) is 35.7 Å². The highest BCUT2D eigenvalue weighted by atomic mass is 35.5. The molecule has 0 unspecified atom stereocenters. The number of amides is 1. The first-order chi connectivity index (χ1) is 1.73. The molecule has 0 aliphatic heterocycles. The summed E-state index contributed by atoms with van der Waals surface area (Å²) < 4.78 is 0. The first kappa shape index (κ1) is 16.3. The minimum Gasteiger partial charge on any atom is -0.370 e. The molecule has 1 amide bonds. The summed E-state index contributed by atoms with van der Waals surface area (Å²) in [5.74, 6) is -0.333. The van der Waals surface area contributed by atoms with Crippen LogP contribution in [0.3, 0.4) is 0 Å². The van der Waals surface area contributed by atoms with Crippen molar-refractivity contribution in [3.8, 4) is 0 Å². The Morgan fingerprint density at radius 2 is 1.67 bits per heavy atom. The molecule has 0 bridgehead atoms. The number of hydrogen-bond donors (Lipinski definition) is 1. The van der Waals surface area contributed by atoms with E-state index in [0.717, 1.165) is 0 Å². The van der Waals surface area contributed by atoms with E-state index < -0.39 is 0 Å². The van der Waals surface area contributed by atoms with E-state index >= 15 is 0 Å². The molecule has 0 aromatic heterocycles. The molecule has 0 rings (SSSR count). The van der Waals surface area contributed by atoms with Crippen molar-refractivity contribution < 1.29 is 4.79 Å². The molecular weight excluding hydrogens is 116 g/mol. The number of halogens is 1. The summed E-state index contributed by atoms with van der Waals surface area (Å²) in [5.41, 5.74) is 4.47. The maximum Gasteiger partial charge on any atom is 0.214 e. The van der Waals surface area contributed by atoms with Crippen LogP contribution in [0.5, 0.6) is 0 Å². The van der Waals surface area contributed by atoms with Gasteiger partial charge in [0.1, 0.15) is 0 Å². The van der Waals surface area contributed by atoms with E-state index in [1.54, 1.807) is 0 Å². The fourth-order valence-corrected chi connectivity index (χ4v) is 0. The lowest BCUT2D eigenvalue weighted by Crippen LogP contribution is -2.01. The van der Waals surface area contributed by atoms with E-state index in [4.69, 9.17) is 0 Å². The third kappa shape index (κ3) is 544. The Morgan fingerprint density at radius 1 is 1.67 bits per heavy atom. The van der Waals surface area contributed by atoms with Gasteiger partial charge in [-0.2, -0.15) is 0 Å². The molecule has 0 saturated heterocycles. The highest BCUT2D eigenvalue weighted by Crippen LogP contribution is 1.33. The van der Waals surface area contributed by atoms with Crippen molar-refractivity contribution in [3.63, 3.8) is 0 Å². The predicted octanol–water partition coefficient (Wildman–Crippen LogP) is -1.27. The lowest BCUT2D eigenvalue weighted by atomic mass is 10.8. The van der Waals surface area contributed by atoms with Gasteiger partial charge in [0.05, 0.1) is 0 Å². The molecule has 0 radical (unpaired) electrons. The topological polar surface area (TPSA) is 43.1 Å². The molecule has 0 fully saturated rings. The van der Waals surface area contributed by atoms with Gasteiger partial charge in [0, 0.05) is 6.92 Å². The second kappa shape index (κ2) is 9.00. The summed E-state index contributed by atoms with van der Waals surface area (Å²) in [6.07, 6.45) is 0. The smallest absolute Gasteiger partial charge is 0.214 e. The lowest BCUT2D eigenvalue weighted by molar-refractivity contribution is -0.115. The predicted molar refractivity (Wildman–Crippen MR) is 32.1 cm³/mol. The average molecular weight is 126 g/mol. The summed E-state index contributed by atoms with van der Waals surface area (Å²) in [4.78, 5) is 9.22. The van der Waals surface area contributed by atoms with Crippen molar-refractivity contribution in [2.75, 3.05) is 0 Å². The molecular formula is C2H9AlClNO. The molecule has 0 heterocycles. The van der Waals surface area contributed by atoms with E-state index in [9.17, 15) is 4.79 Å². The highest BCUT2D eigenvalue weighted by Gasteiger charge is 1.61. The third-order valence-electron chi connectivity index (χ3n) is 0. The molecule has 4 heteroatoms. The van der Waals surface area contributed by atoms with Gasteiger partial charge in [-0.1, -0.05) is 0 Å². The third-order valence-corrected chi connectivity index (χ3v) is 0. The van der Waals surface area contributed by atoms with Crippen LogP contribution in [0.15, 0.2) is 0 Å². The Kier molecular flexibility index (Phi) is 24.4. The molecule has 0 aliphatic rings. The Bertz CT molecular complexity index is 36.5. The summed E-state index contributed by atoms with van der Waals surface area (Å²) in [5, 5.41) is 0. The van der Waals surface area contributed by atoms with Gasteiger partial charge in [-0.3, -0.25) is 4.79 Å². The molecule has 0 saturated carbocycles. The maximum absolute atomic E-state index is 9.22. The van der Waals surface area contributed by atoms with Crippen LogP contribution in [0, 0.1) is 0 Å². The van der Waals surface area contributed by atoms with Gasteiger partial charge in [0.25, 0.3) is 0 Å². The molecule has 0 atom stereocenters. The monoisotopic (exact) mass is 125 g/mol. The van der Waals surface area contributed by atoms with E-state index in [1.807, 2.05) is 0 Å². The molecule has 0 spiro atoms. The van der Waals surface area contributed by atoms with Crippen LogP contribution < -0.4 is 5.73 Å². The van der Waals surface area contributed by atoms with Crippen LogP contribution >= 0.6 is 12.4 Å². The molecule has 2 nitrogen and oxygen atoms in total. The largest absolute Gasteiger partial charge is 0.370 e. The first-order valence-electron chi connectivity index (χ1n) is 0.993. The van der Waals surface area contributed by atoms with Gasteiger partial charge in [-0.15, -0.1) is 12.4 Å². The van der Waals surface area contributed by atoms with Crippen molar-refractivity contribution in [1.29, 1.82) is 0 Å². The van der Waals surface area contributed by atoms with Crippen LogP contribution in [0.25, 0.3) is 0 Å². The number of rotatable bonds is 0. The van der Waals surface area contributed by atoms with E-state index in [2.05, 4.69) is 5.73 Å². The minimum absolute atomic E-state index is 0. The summed E-state index contributed by atoms with van der Waals surface area (Å²) in [7, 11) is 0. The van der Waals surface area contributed by atoms with E-state index in [1.165, 1.54) is 6.92 Å². The quantitative estimate of drug-likeness (QED) is 0.403. The van der Waals surface area contributed by atoms with Crippen molar-refractivity contribution in [2.24, 2.45) is 5.73 Å². The Balaban J connectivity index is -0.0000000450.